The molecule has 8 heteroatoms. The van der Waals surface area contributed by atoms with Gasteiger partial charge in [0.2, 0.25) is 0 Å². The van der Waals surface area contributed by atoms with Crippen LogP contribution in [0.4, 0.5) is 9.93 Å². The van der Waals surface area contributed by atoms with Crippen LogP contribution in [-0.2, 0) is 11.2 Å². The molecular formula is C27H32N4O3S. The maximum Gasteiger partial charge on any atom is 0.410 e. The first-order chi connectivity index (χ1) is 16.7. The summed E-state index contributed by atoms with van der Waals surface area (Å²) in [6.07, 6.45) is 1.67. The van der Waals surface area contributed by atoms with Gasteiger partial charge in [-0.1, -0.05) is 35.6 Å². The molecule has 0 radical (unpaired) electrons. The number of aromatic nitrogens is 1. The molecule has 0 saturated carbocycles. The second-order valence-corrected chi connectivity index (χ2v) is 11.4. The number of anilines is 1. The van der Waals surface area contributed by atoms with Gasteiger partial charge in [0.25, 0.3) is 5.91 Å². The van der Waals surface area contributed by atoms with Gasteiger partial charge in [0.1, 0.15) is 5.60 Å². The second kappa shape index (κ2) is 9.15. The number of fused-ring (bicyclic) bond motifs is 2. The standard InChI is InChI=1S/C27H32N4O3S/c1-17-15-19(24(32)28-21-10-9-18-7-5-6-8-20(18)21)16-22-23(17)29-25(35-22)30-11-13-31(14-12-30)26(33)34-27(2,3)4/h5-8,15-16,21H,9-14H2,1-4H3,(H,28,32). The van der Waals surface area contributed by atoms with Crippen molar-refractivity contribution in [3.63, 3.8) is 0 Å². The van der Waals surface area contributed by atoms with E-state index >= 15 is 0 Å². The maximum atomic E-state index is 13.1. The van der Waals surface area contributed by atoms with Crippen molar-refractivity contribution in [1.82, 2.24) is 15.2 Å². The number of piperazine rings is 1. The molecule has 5 rings (SSSR count). The van der Waals surface area contributed by atoms with Crippen LogP contribution in [0.15, 0.2) is 36.4 Å². The molecule has 3 aromatic rings. The zero-order chi connectivity index (χ0) is 24.7. The molecule has 1 aliphatic heterocycles. The van der Waals surface area contributed by atoms with Gasteiger partial charge in [-0.2, -0.15) is 0 Å². The van der Waals surface area contributed by atoms with E-state index in [9.17, 15) is 9.59 Å². The quantitative estimate of drug-likeness (QED) is 0.552. The topological polar surface area (TPSA) is 74.8 Å². The van der Waals surface area contributed by atoms with Gasteiger partial charge in [0.05, 0.1) is 16.3 Å². The van der Waals surface area contributed by atoms with E-state index in [1.54, 1.807) is 16.2 Å². The smallest absolute Gasteiger partial charge is 0.410 e. The van der Waals surface area contributed by atoms with Gasteiger partial charge >= 0.3 is 6.09 Å². The number of ether oxygens (including phenoxy) is 1. The molecule has 1 fully saturated rings. The third-order valence-electron chi connectivity index (χ3n) is 6.58. The van der Waals surface area contributed by atoms with Gasteiger partial charge < -0.3 is 19.9 Å². The van der Waals surface area contributed by atoms with Crippen LogP contribution < -0.4 is 10.2 Å². The summed E-state index contributed by atoms with van der Waals surface area (Å²) in [6, 6.07) is 12.3. The Morgan fingerprint density at radius 2 is 1.86 bits per heavy atom. The van der Waals surface area contributed by atoms with Crippen LogP contribution in [0.5, 0.6) is 0 Å². The lowest BCUT2D eigenvalue weighted by molar-refractivity contribution is 0.0240. The van der Waals surface area contributed by atoms with Crippen LogP contribution in [0.3, 0.4) is 0 Å². The van der Waals surface area contributed by atoms with Crippen LogP contribution in [0.25, 0.3) is 10.2 Å². The number of benzene rings is 2. The van der Waals surface area contributed by atoms with Crippen molar-refractivity contribution in [2.75, 3.05) is 31.1 Å². The lowest BCUT2D eigenvalue weighted by Gasteiger charge is -2.35. The van der Waals surface area contributed by atoms with Crippen molar-refractivity contribution in [3.8, 4) is 0 Å². The monoisotopic (exact) mass is 492 g/mol. The fraction of sp³-hybridized carbons (Fsp3) is 0.444. The minimum absolute atomic E-state index is 0.0439. The summed E-state index contributed by atoms with van der Waals surface area (Å²) in [7, 11) is 0. The van der Waals surface area contributed by atoms with E-state index in [4.69, 9.17) is 9.72 Å². The predicted octanol–water partition coefficient (Wildman–Crippen LogP) is 5.08. The molecule has 1 saturated heterocycles. The van der Waals surface area contributed by atoms with Crippen molar-refractivity contribution in [2.24, 2.45) is 0 Å². The minimum Gasteiger partial charge on any atom is -0.444 e. The normalized spacial score (nSPS) is 18.0. The maximum absolute atomic E-state index is 13.1. The van der Waals surface area contributed by atoms with Crippen LogP contribution in [-0.4, -0.2) is 53.7 Å². The van der Waals surface area contributed by atoms with E-state index in [-0.39, 0.29) is 18.0 Å². The highest BCUT2D eigenvalue weighted by atomic mass is 32.1. The zero-order valence-electron chi connectivity index (χ0n) is 20.8. The van der Waals surface area contributed by atoms with E-state index < -0.39 is 5.60 Å². The summed E-state index contributed by atoms with van der Waals surface area (Å²) in [4.78, 5) is 34.3. The van der Waals surface area contributed by atoms with Crippen molar-refractivity contribution in [2.45, 2.75) is 52.2 Å². The largest absolute Gasteiger partial charge is 0.444 e. The number of nitrogens with zero attached hydrogens (tertiary/aromatic N) is 3. The van der Waals surface area contributed by atoms with Crippen molar-refractivity contribution in [1.29, 1.82) is 0 Å². The SMILES string of the molecule is Cc1cc(C(=O)NC2CCc3ccccc32)cc2sc(N3CCN(C(=O)OC(C)(C)C)CC3)nc12. The molecule has 1 aromatic heterocycles. The zero-order valence-corrected chi connectivity index (χ0v) is 21.6. The molecule has 1 atom stereocenters. The molecule has 1 N–H and O–H groups in total. The molecule has 2 heterocycles. The van der Waals surface area contributed by atoms with Gasteiger partial charge in [-0.3, -0.25) is 4.79 Å². The van der Waals surface area contributed by atoms with E-state index in [1.165, 1.54) is 11.1 Å². The Balaban J connectivity index is 1.28. The number of amides is 2. The summed E-state index contributed by atoms with van der Waals surface area (Å²) in [5.41, 5.74) is 4.65. The Kier molecular flexibility index (Phi) is 6.17. The first-order valence-electron chi connectivity index (χ1n) is 12.2. The Hall–Kier alpha value is -3.13. The molecule has 35 heavy (non-hydrogen) atoms. The number of thiazole rings is 1. The Labute approximate surface area is 210 Å². The predicted molar refractivity (Wildman–Crippen MR) is 139 cm³/mol. The molecule has 2 aromatic carbocycles. The molecule has 1 unspecified atom stereocenters. The lowest BCUT2D eigenvalue weighted by Crippen LogP contribution is -2.50. The molecule has 1 aliphatic carbocycles. The number of rotatable bonds is 3. The molecule has 0 spiro atoms. The number of carbonyl (C=O) groups excluding carboxylic acids is 2. The Morgan fingerprint density at radius 3 is 2.60 bits per heavy atom. The van der Waals surface area contributed by atoms with Gasteiger partial charge in [-0.05, 0) is 69.4 Å². The average molecular weight is 493 g/mol. The summed E-state index contributed by atoms with van der Waals surface area (Å²) in [5.74, 6) is -0.0439. The number of carbonyl (C=O) groups is 2. The molecule has 2 amide bonds. The van der Waals surface area contributed by atoms with Crippen LogP contribution in [0, 0.1) is 6.92 Å². The number of hydrogen-bond acceptors (Lipinski definition) is 6. The highest BCUT2D eigenvalue weighted by Crippen LogP contribution is 2.34. The summed E-state index contributed by atoms with van der Waals surface area (Å²) < 4.78 is 6.51. The van der Waals surface area contributed by atoms with Crippen molar-refractivity contribution < 1.29 is 14.3 Å². The second-order valence-electron chi connectivity index (χ2n) is 10.4. The first kappa shape index (κ1) is 23.6. The van der Waals surface area contributed by atoms with E-state index in [1.807, 2.05) is 45.9 Å². The number of aryl methyl sites for hydroxylation is 2. The number of nitrogens with one attached hydrogen (secondary N) is 1. The summed E-state index contributed by atoms with van der Waals surface area (Å²) >= 11 is 1.60. The first-order valence-corrected chi connectivity index (χ1v) is 13.0. The van der Waals surface area contributed by atoms with E-state index in [0.717, 1.165) is 33.8 Å². The highest BCUT2D eigenvalue weighted by molar-refractivity contribution is 7.22. The Morgan fingerprint density at radius 1 is 1.11 bits per heavy atom. The van der Waals surface area contributed by atoms with Crippen molar-refractivity contribution in [3.05, 3.63) is 58.7 Å². The lowest BCUT2D eigenvalue weighted by atomic mass is 10.1. The minimum atomic E-state index is -0.496. The fourth-order valence-corrected chi connectivity index (χ4v) is 5.94. The number of hydrogen-bond donors (Lipinski definition) is 1. The van der Waals surface area contributed by atoms with Crippen LogP contribution in [0.2, 0.25) is 0 Å². The fourth-order valence-electron chi connectivity index (χ4n) is 4.81. The average Bonchev–Trinajstić information content (AvgIpc) is 3.43. The van der Waals surface area contributed by atoms with Gasteiger partial charge in [-0.25, -0.2) is 9.78 Å². The molecule has 2 aliphatic rings. The summed E-state index contributed by atoms with van der Waals surface area (Å²) in [6.45, 7) is 10.2. The van der Waals surface area contributed by atoms with Gasteiger partial charge in [0.15, 0.2) is 5.13 Å². The van der Waals surface area contributed by atoms with E-state index in [0.29, 0.717) is 31.7 Å². The third-order valence-corrected chi connectivity index (χ3v) is 7.64. The molecule has 0 bridgehead atoms. The summed E-state index contributed by atoms with van der Waals surface area (Å²) in [5, 5.41) is 4.16. The van der Waals surface area contributed by atoms with Gasteiger partial charge in [-0.15, -0.1) is 0 Å². The third kappa shape index (κ3) is 4.98. The van der Waals surface area contributed by atoms with Crippen LogP contribution >= 0.6 is 11.3 Å². The highest BCUT2D eigenvalue weighted by Gasteiger charge is 2.28. The van der Waals surface area contributed by atoms with Crippen LogP contribution in [0.1, 0.15) is 60.3 Å². The Bertz CT molecular complexity index is 1270. The molecular weight excluding hydrogens is 460 g/mol. The van der Waals surface area contributed by atoms with E-state index in [2.05, 4.69) is 28.4 Å². The van der Waals surface area contributed by atoms with Crippen molar-refractivity contribution >= 4 is 38.7 Å². The van der Waals surface area contributed by atoms with Gasteiger partial charge in [0, 0.05) is 31.7 Å². The molecule has 7 nitrogen and oxygen atoms in total. The molecule has 184 valence electrons.